The Hall–Kier alpha value is -0.986. The van der Waals surface area contributed by atoms with Crippen molar-refractivity contribution < 1.29 is 37.4 Å². The topological polar surface area (TPSA) is 21.6 Å². The van der Waals surface area contributed by atoms with Gasteiger partial charge in [0.15, 0.2) is 0 Å². The van der Waals surface area contributed by atoms with E-state index in [1.54, 1.807) is 6.07 Å². The molecular weight excluding hydrogens is 275 g/mol. The standard InChI is InChI=1S/C13H9NO.Y/c1-3-7-12(8-4-1)14-11-15-13-9-5-2-6-10-13;/h1-7,9-10H;/q-2;. The minimum Gasteiger partial charge on any atom is -0.564 e. The maximum Gasteiger partial charge on any atom is 0.102 e. The second kappa shape index (κ2) is 7.31. The molecule has 16 heavy (non-hydrogen) atoms. The monoisotopic (exact) mass is 284 g/mol. The smallest absolute Gasteiger partial charge is 0.102 e. The zero-order valence-corrected chi connectivity index (χ0v) is 11.5. The van der Waals surface area contributed by atoms with E-state index in [0.717, 1.165) is 5.75 Å². The summed E-state index contributed by atoms with van der Waals surface area (Å²) >= 11 is 0. The normalized spacial score (nSPS) is 9.75. The maximum absolute atomic E-state index is 5.17. The van der Waals surface area contributed by atoms with E-state index in [1.807, 2.05) is 48.5 Å². The van der Waals surface area contributed by atoms with Crippen LogP contribution < -0.4 is 4.74 Å². The van der Waals surface area contributed by atoms with Gasteiger partial charge in [0.25, 0.3) is 0 Å². The van der Waals surface area contributed by atoms with Gasteiger partial charge in [-0.2, -0.15) is 23.9 Å². The molecule has 0 amide bonds. The molecule has 2 aromatic carbocycles. The van der Waals surface area contributed by atoms with Crippen LogP contribution in [0.15, 0.2) is 59.6 Å². The van der Waals surface area contributed by atoms with Crippen molar-refractivity contribution in [3.05, 3.63) is 60.7 Å². The molecule has 77 valence electrons. The first-order valence-corrected chi connectivity index (χ1v) is 4.59. The molecule has 1 radical (unpaired) electrons. The van der Waals surface area contributed by atoms with Gasteiger partial charge in [0.1, 0.15) is 6.40 Å². The zero-order chi connectivity index (χ0) is 10.3. The number of para-hydroxylation sites is 2. The third kappa shape index (κ3) is 4.25. The van der Waals surface area contributed by atoms with Gasteiger partial charge in [-0.3, -0.25) is 0 Å². The Kier molecular flexibility index (Phi) is 5.98. The molecule has 0 aliphatic carbocycles. The zero-order valence-electron chi connectivity index (χ0n) is 8.63. The van der Waals surface area contributed by atoms with E-state index in [9.17, 15) is 0 Å². The number of ether oxygens (including phenoxy) is 1. The fourth-order valence-electron chi connectivity index (χ4n) is 1.07. The van der Waals surface area contributed by atoms with E-state index >= 15 is 0 Å². The van der Waals surface area contributed by atoms with Crippen LogP contribution in [0.5, 0.6) is 5.75 Å². The Morgan fingerprint density at radius 2 is 1.75 bits per heavy atom. The molecule has 2 aromatic rings. The van der Waals surface area contributed by atoms with Crippen LogP contribution in [0.4, 0.5) is 5.69 Å². The van der Waals surface area contributed by atoms with Gasteiger partial charge in [-0.1, -0.05) is 30.3 Å². The maximum atomic E-state index is 5.17. The van der Waals surface area contributed by atoms with Crippen molar-refractivity contribution in [1.29, 1.82) is 0 Å². The Morgan fingerprint density at radius 1 is 1.00 bits per heavy atom. The van der Waals surface area contributed by atoms with E-state index in [2.05, 4.69) is 17.5 Å². The van der Waals surface area contributed by atoms with Gasteiger partial charge >= 0.3 is 0 Å². The summed E-state index contributed by atoms with van der Waals surface area (Å²) in [6, 6.07) is 19.8. The third-order valence-electron chi connectivity index (χ3n) is 1.77. The minimum atomic E-state index is 0. The molecule has 0 atom stereocenters. The van der Waals surface area contributed by atoms with E-state index in [1.165, 1.54) is 0 Å². The molecule has 0 N–H and O–H groups in total. The molecule has 0 aromatic heterocycles. The predicted octanol–water partition coefficient (Wildman–Crippen LogP) is 3.10. The average molecular weight is 284 g/mol. The van der Waals surface area contributed by atoms with Crippen molar-refractivity contribution in [3.63, 3.8) is 0 Å². The van der Waals surface area contributed by atoms with Crippen LogP contribution in [0.1, 0.15) is 0 Å². The molecule has 0 heterocycles. The van der Waals surface area contributed by atoms with Crippen molar-refractivity contribution in [3.8, 4) is 5.75 Å². The van der Waals surface area contributed by atoms with Gasteiger partial charge < -0.3 is 9.73 Å². The second-order valence-corrected chi connectivity index (χ2v) is 2.87. The molecule has 0 unspecified atom stereocenters. The number of hydrogen-bond donors (Lipinski definition) is 0. The van der Waals surface area contributed by atoms with Crippen LogP contribution in [-0.2, 0) is 32.7 Å². The van der Waals surface area contributed by atoms with Gasteiger partial charge in [-0.25, -0.2) is 12.1 Å². The number of rotatable bonds is 3. The summed E-state index contributed by atoms with van der Waals surface area (Å²) in [7, 11) is 0. The fraction of sp³-hybridized carbons (Fsp3) is 0. The number of hydrogen-bond acceptors (Lipinski definition) is 2. The number of aliphatic imine (C=N–C) groups is 1. The summed E-state index contributed by atoms with van der Waals surface area (Å²) in [5.41, 5.74) is 0.702. The van der Waals surface area contributed by atoms with Crippen LogP contribution in [-0.4, -0.2) is 6.40 Å². The second-order valence-electron chi connectivity index (χ2n) is 2.87. The van der Waals surface area contributed by atoms with E-state index in [0.29, 0.717) is 5.69 Å². The Morgan fingerprint density at radius 3 is 2.44 bits per heavy atom. The van der Waals surface area contributed by atoms with Crippen molar-refractivity contribution >= 4 is 12.1 Å². The first-order chi connectivity index (χ1) is 7.45. The first kappa shape index (κ1) is 13.1. The first-order valence-electron chi connectivity index (χ1n) is 4.59. The van der Waals surface area contributed by atoms with Crippen molar-refractivity contribution in [2.75, 3.05) is 0 Å². The molecule has 0 bridgehead atoms. The van der Waals surface area contributed by atoms with Crippen molar-refractivity contribution in [1.82, 2.24) is 0 Å². The molecule has 0 spiro atoms. The molecule has 2 rings (SSSR count). The van der Waals surface area contributed by atoms with E-state index in [-0.39, 0.29) is 32.7 Å². The molecule has 0 fully saturated rings. The number of benzene rings is 2. The summed E-state index contributed by atoms with van der Waals surface area (Å²) in [6.07, 6.45) is 2.51. The Balaban J connectivity index is 0.00000128. The quantitative estimate of drug-likeness (QED) is 0.482. The Labute approximate surface area is 120 Å². The largest absolute Gasteiger partial charge is 0.564 e. The van der Waals surface area contributed by atoms with Crippen LogP contribution in [0.3, 0.4) is 0 Å². The van der Waals surface area contributed by atoms with Crippen LogP contribution in [0.25, 0.3) is 0 Å². The molecule has 0 saturated carbocycles. The molecule has 0 aliphatic rings. The SMILES string of the molecule is [C-](=Nc1[c-]cccc1)Oc1ccccc1.[Y]. The van der Waals surface area contributed by atoms with Crippen molar-refractivity contribution in [2.24, 2.45) is 4.99 Å². The summed E-state index contributed by atoms with van der Waals surface area (Å²) in [4.78, 5) is 3.97. The van der Waals surface area contributed by atoms with Crippen molar-refractivity contribution in [2.45, 2.75) is 0 Å². The van der Waals surface area contributed by atoms with Crippen LogP contribution in [0.2, 0.25) is 0 Å². The fourth-order valence-corrected chi connectivity index (χ4v) is 1.07. The minimum absolute atomic E-state index is 0. The Bertz CT molecular complexity index is 428. The molecule has 0 saturated heterocycles. The molecule has 0 aliphatic heterocycles. The van der Waals surface area contributed by atoms with Crippen LogP contribution in [0, 0.1) is 6.07 Å². The van der Waals surface area contributed by atoms with E-state index in [4.69, 9.17) is 4.74 Å². The van der Waals surface area contributed by atoms with Gasteiger partial charge in [0, 0.05) is 38.5 Å². The summed E-state index contributed by atoms with van der Waals surface area (Å²) in [6.45, 7) is 0. The van der Waals surface area contributed by atoms with E-state index < -0.39 is 0 Å². The van der Waals surface area contributed by atoms with Gasteiger partial charge in [0.2, 0.25) is 0 Å². The van der Waals surface area contributed by atoms with Gasteiger partial charge in [-0.15, -0.1) is 0 Å². The van der Waals surface area contributed by atoms with Gasteiger partial charge in [0.05, 0.1) is 0 Å². The number of nitrogens with zero attached hydrogens (tertiary/aromatic N) is 1. The summed E-state index contributed by atoms with van der Waals surface area (Å²) in [5.74, 6) is 0.720. The van der Waals surface area contributed by atoms with Gasteiger partial charge in [-0.05, 0) is 0 Å². The molecular formula is C13H9NOY-2. The third-order valence-corrected chi connectivity index (χ3v) is 1.77. The molecule has 3 heteroatoms. The molecule has 2 nitrogen and oxygen atoms in total. The van der Waals surface area contributed by atoms with Crippen LogP contribution >= 0.6 is 0 Å². The average Bonchev–Trinajstić information content (AvgIpc) is 2.32. The predicted molar refractivity (Wildman–Crippen MR) is 59.4 cm³/mol. The summed E-state index contributed by atoms with van der Waals surface area (Å²) in [5, 5.41) is 0. The summed E-state index contributed by atoms with van der Waals surface area (Å²) < 4.78 is 5.17.